The number of hydrogen-bond donors (Lipinski definition) is 1. The molecule has 6 heteroatoms. The van der Waals surface area contributed by atoms with Crippen molar-refractivity contribution in [1.29, 1.82) is 0 Å². The number of esters is 1. The Balaban J connectivity index is 1.76. The SMILES string of the molecule is CCCCc1ccc(CCS(=O)(=O)NCCCc2ccccc2CC(=O)OC)cc1. The number of hydrogen-bond acceptors (Lipinski definition) is 4. The Morgan fingerprint density at radius 2 is 1.53 bits per heavy atom. The summed E-state index contributed by atoms with van der Waals surface area (Å²) in [5.41, 5.74) is 4.31. The van der Waals surface area contributed by atoms with Gasteiger partial charge in [0, 0.05) is 6.54 Å². The lowest BCUT2D eigenvalue weighted by molar-refractivity contribution is -0.139. The van der Waals surface area contributed by atoms with Gasteiger partial charge in [0.1, 0.15) is 0 Å². The van der Waals surface area contributed by atoms with Crippen LogP contribution in [0.4, 0.5) is 0 Å². The van der Waals surface area contributed by atoms with Gasteiger partial charge in [-0.25, -0.2) is 13.1 Å². The van der Waals surface area contributed by atoms with Crippen molar-refractivity contribution in [3.8, 4) is 0 Å². The van der Waals surface area contributed by atoms with Crippen molar-refractivity contribution in [2.24, 2.45) is 0 Å². The van der Waals surface area contributed by atoms with Crippen LogP contribution in [0.1, 0.15) is 48.4 Å². The van der Waals surface area contributed by atoms with E-state index in [1.54, 1.807) is 0 Å². The Labute approximate surface area is 180 Å². The van der Waals surface area contributed by atoms with E-state index in [1.165, 1.54) is 25.5 Å². The molecule has 0 saturated heterocycles. The van der Waals surface area contributed by atoms with E-state index in [-0.39, 0.29) is 18.1 Å². The molecular weight excluding hydrogens is 398 g/mol. The van der Waals surface area contributed by atoms with Gasteiger partial charge in [0.15, 0.2) is 0 Å². The largest absolute Gasteiger partial charge is 0.469 e. The van der Waals surface area contributed by atoms with Gasteiger partial charge >= 0.3 is 5.97 Å². The molecule has 0 heterocycles. The number of ether oxygens (including phenoxy) is 1. The molecule has 0 fully saturated rings. The molecule has 30 heavy (non-hydrogen) atoms. The minimum atomic E-state index is -3.32. The number of nitrogens with one attached hydrogen (secondary N) is 1. The first-order chi connectivity index (χ1) is 14.4. The number of carbonyl (C=O) groups excluding carboxylic acids is 1. The zero-order valence-electron chi connectivity index (χ0n) is 18.0. The van der Waals surface area contributed by atoms with Gasteiger partial charge in [0.25, 0.3) is 0 Å². The summed E-state index contributed by atoms with van der Waals surface area (Å²) in [4.78, 5) is 11.5. The molecule has 5 nitrogen and oxygen atoms in total. The first-order valence-corrected chi connectivity index (χ1v) is 12.3. The van der Waals surface area contributed by atoms with Gasteiger partial charge in [-0.1, -0.05) is 61.9 Å². The summed E-state index contributed by atoms with van der Waals surface area (Å²) in [5.74, 6) is -0.193. The van der Waals surface area contributed by atoms with Crippen molar-refractivity contribution in [2.75, 3.05) is 19.4 Å². The predicted octanol–water partition coefficient (Wildman–Crippen LogP) is 3.84. The van der Waals surface area contributed by atoms with Crippen molar-refractivity contribution >= 4 is 16.0 Å². The smallest absolute Gasteiger partial charge is 0.309 e. The fourth-order valence-electron chi connectivity index (χ4n) is 3.29. The zero-order chi connectivity index (χ0) is 21.8. The molecule has 0 aliphatic carbocycles. The van der Waals surface area contributed by atoms with Gasteiger partial charge in [-0.3, -0.25) is 4.79 Å². The number of unbranched alkanes of at least 4 members (excludes halogenated alkanes) is 1. The topological polar surface area (TPSA) is 72.5 Å². The van der Waals surface area contributed by atoms with E-state index in [1.807, 2.05) is 36.4 Å². The lowest BCUT2D eigenvalue weighted by Crippen LogP contribution is -2.28. The van der Waals surface area contributed by atoms with E-state index in [2.05, 4.69) is 23.8 Å². The molecule has 1 N–H and O–H groups in total. The Bertz CT molecular complexity index is 892. The number of carbonyl (C=O) groups is 1. The Kier molecular flexibility index (Phi) is 10.0. The molecule has 0 spiro atoms. The third-order valence-corrected chi connectivity index (χ3v) is 6.51. The summed E-state index contributed by atoms with van der Waals surface area (Å²) in [7, 11) is -1.94. The quantitative estimate of drug-likeness (QED) is 0.386. The van der Waals surface area contributed by atoms with Gasteiger partial charge < -0.3 is 4.74 Å². The number of aryl methyl sites for hydroxylation is 3. The fraction of sp³-hybridized carbons (Fsp3) is 0.458. The lowest BCUT2D eigenvalue weighted by Gasteiger charge is -2.10. The number of benzene rings is 2. The minimum absolute atomic E-state index is 0.0836. The third-order valence-electron chi connectivity index (χ3n) is 5.13. The van der Waals surface area contributed by atoms with E-state index in [9.17, 15) is 13.2 Å². The van der Waals surface area contributed by atoms with Crippen molar-refractivity contribution in [1.82, 2.24) is 4.72 Å². The monoisotopic (exact) mass is 431 g/mol. The molecular formula is C24H33NO4S. The molecule has 0 radical (unpaired) electrons. The second kappa shape index (κ2) is 12.5. The van der Waals surface area contributed by atoms with E-state index >= 15 is 0 Å². The highest BCUT2D eigenvalue weighted by atomic mass is 32.2. The van der Waals surface area contributed by atoms with Gasteiger partial charge in [-0.2, -0.15) is 0 Å². The Hall–Kier alpha value is -2.18. The molecule has 164 valence electrons. The number of sulfonamides is 1. The van der Waals surface area contributed by atoms with Crippen LogP contribution >= 0.6 is 0 Å². The third kappa shape index (κ3) is 8.67. The van der Waals surface area contributed by atoms with E-state index < -0.39 is 10.0 Å². The second-order valence-corrected chi connectivity index (χ2v) is 9.43. The summed E-state index contributed by atoms with van der Waals surface area (Å²) < 4.78 is 32.0. The molecule has 2 aromatic carbocycles. The maximum Gasteiger partial charge on any atom is 0.309 e. The van der Waals surface area contributed by atoms with Crippen LogP contribution in [0.25, 0.3) is 0 Å². The van der Waals surface area contributed by atoms with Crippen LogP contribution in [0.15, 0.2) is 48.5 Å². The van der Waals surface area contributed by atoms with Crippen LogP contribution in [0, 0.1) is 0 Å². The molecule has 0 atom stereocenters. The minimum Gasteiger partial charge on any atom is -0.469 e. The first kappa shape index (κ1) is 24.1. The van der Waals surface area contributed by atoms with E-state index in [4.69, 9.17) is 4.74 Å². The van der Waals surface area contributed by atoms with E-state index in [0.717, 1.165) is 23.1 Å². The van der Waals surface area contributed by atoms with E-state index in [0.29, 0.717) is 25.8 Å². The Morgan fingerprint density at radius 3 is 2.17 bits per heavy atom. The molecule has 0 bridgehead atoms. The maximum absolute atomic E-state index is 12.3. The fourth-order valence-corrected chi connectivity index (χ4v) is 4.39. The predicted molar refractivity (Wildman–Crippen MR) is 121 cm³/mol. The van der Waals surface area contributed by atoms with Gasteiger partial charge in [-0.05, 0) is 54.4 Å². The highest BCUT2D eigenvalue weighted by Gasteiger charge is 2.11. The zero-order valence-corrected chi connectivity index (χ0v) is 18.8. The first-order valence-electron chi connectivity index (χ1n) is 10.6. The number of methoxy groups -OCH3 is 1. The summed E-state index contributed by atoms with van der Waals surface area (Å²) >= 11 is 0. The van der Waals surface area contributed by atoms with Crippen molar-refractivity contribution < 1.29 is 17.9 Å². The second-order valence-electron chi connectivity index (χ2n) is 7.51. The highest BCUT2D eigenvalue weighted by molar-refractivity contribution is 7.89. The standard InChI is InChI=1S/C24H33NO4S/c1-3-4-8-20-12-14-21(15-13-20)16-18-30(27,28)25-17-7-11-22-9-5-6-10-23(22)19-24(26)29-2/h5-6,9-10,12-15,25H,3-4,7-8,11,16-19H2,1-2H3. The number of rotatable bonds is 13. The average molecular weight is 432 g/mol. The van der Waals surface area contributed by atoms with Crippen molar-refractivity contribution in [3.05, 3.63) is 70.8 Å². The van der Waals surface area contributed by atoms with Crippen molar-refractivity contribution in [3.63, 3.8) is 0 Å². The van der Waals surface area contributed by atoms with Crippen LogP contribution in [-0.4, -0.2) is 33.8 Å². The molecule has 0 aromatic heterocycles. The molecule has 0 amide bonds. The Morgan fingerprint density at radius 1 is 0.900 bits per heavy atom. The van der Waals surface area contributed by atoms with Gasteiger partial charge in [0.05, 0.1) is 19.3 Å². The van der Waals surface area contributed by atoms with Crippen LogP contribution in [0.5, 0.6) is 0 Å². The molecule has 0 saturated carbocycles. The van der Waals surface area contributed by atoms with Crippen LogP contribution in [-0.2, 0) is 45.2 Å². The van der Waals surface area contributed by atoms with Gasteiger partial charge in [0.2, 0.25) is 10.0 Å². The normalized spacial score (nSPS) is 11.4. The summed E-state index contributed by atoms with van der Waals surface area (Å²) in [6, 6.07) is 15.9. The van der Waals surface area contributed by atoms with Crippen molar-refractivity contribution in [2.45, 2.75) is 51.9 Å². The van der Waals surface area contributed by atoms with Crippen LogP contribution < -0.4 is 4.72 Å². The van der Waals surface area contributed by atoms with Gasteiger partial charge in [-0.15, -0.1) is 0 Å². The molecule has 2 rings (SSSR count). The molecule has 0 aliphatic heterocycles. The lowest BCUT2D eigenvalue weighted by atomic mass is 10.0. The summed E-state index contributed by atoms with van der Waals surface area (Å²) in [5, 5.41) is 0. The van der Waals surface area contributed by atoms with Crippen LogP contribution in [0.3, 0.4) is 0 Å². The molecule has 0 unspecified atom stereocenters. The molecule has 2 aromatic rings. The summed E-state index contributed by atoms with van der Waals surface area (Å²) in [6.45, 7) is 2.55. The maximum atomic E-state index is 12.3. The molecule has 0 aliphatic rings. The average Bonchev–Trinajstić information content (AvgIpc) is 2.75. The van der Waals surface area contributed by atoms with Crippen LogP contribution in [0.2, 0.25) is 0 Å². The summed E-state index contributed by atoms with van der Waals surface area (Å²) in [6.07, 6.45) is 5.52. The highest BCUT2D eigenvalue weighted by Crippen LogP contribution is 2.13.